The highest BCUT2D eigenvalue weighted by atomic mass is 16.6. The van der Waals surface area contributed by atoms with Gasteiger partial charge in [-0.05, 0) is 47.0 Å². The minimum absolute atomic E-state index is 0.0600. The van der Waals surface area contributed by atoms with E-state index in [0.29, 0.717) is 6.42 Å². The van der Waals surface area contributed by atoms with E-state index in [1.807, 2.05) is 72.8 Å². The van der Waals surface area contributed by atoms with Crippen molar-refractivity contribution in [3.05, 3.63) is 108 Å². The van der Waals surface area contributed by atoms with Crippen molar-refractivity contribution in [1.29, 1.82) is 0 Å². The first kappa shape index (κ1) is 21.6. The summed E-state index contributed by atoms with van der Waals surface area (Å²) < 4.78 is 23.8. The summed E-state index contributed by atoms with van der Waals surface area (Å²) in [6.07, 6.45) is 3.09. The van der Waals surface area contributed by atoms with Crippen LogP contribution in [0.1, 0.15) is 23.1 Å². The molecule has 33 heavy (non-hydrogen) atoms. The van der Waals surface area contributed by atoms with Gasteiger partial charge < -0.3 is 24.1 Å². The molecule has 0 amide bonds. The lowest BCUT2D eigenvalue weighted by Gasteiger charge is -2.39. The van der Waals surface area contributed by atoms with Crippen molar-refractivity contribution < 1.29 is 24.1 Å². The maximum absolute atomic E-state index is 10.7. The second-order valence-electron chi connectivity index (χ2n) is 8.47. The number of aliphatic hydroxyl groups excluding tert-OH is 1. The van der Waals surface area contributed by atoms with E-state index in [0.717, 1.165) is 28.2 Å². The smallest absolute Gasteiger partial charge is 0.144 e. The molecule has 1 aliphatic carbocycles. The van der Waals surface area contributed by atoms with Crippen molar-refractivity contribution in [2.24, 2.45) is 5.92 Å². The minimum atomic E-state index is -0.926. The van der Waals surface area contributed by atoms with Crippen LogP contribution >= 0.6 is 0 Å². The molecule has 0 aromatic heterocycles. The Balaban J connectivity index is 1.68. The molecule has 0 radical (unpaired) electrons. The van der Waals surface area contributed by atoms with Crippen molar-refractivity contribution in [1.82, 2.24) is 0 Å². The number of rotatable bonds is 7. The lowest BCUT2D eigenvalue weighted by Crippen LogP contribution is -2.40. The Bertz CT molecular complexity index is 1040. The number of hydrogen-bond donors (Lipinski definition) is 1. The molecular weight excluding hydrogens is 416 g/mol. The fourth-order valence-corrected chi connectivity index (χ4v) is 5.01. The molecule has 5 rings (SSSR count). The molecule has 5 nitrogen and oxygen atoms in total. The molecule has 5 heteroatoms. The SMILES string of the molecule is COc1ccc(C(O[C@@H]2C[C@@H](O)[C@@H]3C=CO[C@@H]32)(c2ccccc2)c2ccc(OC)cc2)cc1. The highest BCUT2D eigenvalue weighted by molar-refractivity contribution is 5.50. The van der Waals surface area contributed by atoms with Gasteiger partial charge in [-0.25, -0.2) is 0 Å². The summed E-state index contributed by atoms with van der Waals surface area (Å²) in [6, 6.07) is 26.1. The zero-order valence-electron chi connectivity index (χ0n) is 18.8. The lowest BCUT2D eigenvalue weighted by atomic mass is 9.79. The van der Waals surface area contributed by atoms with Crippen molar-refractivity contribution in [2.45, 2.75) is 30.3 Å². The molecule has 1 fully saturated rings. The van der Waals surface area contributed by atoms with E-state index in [2.05, 4.69) is 12.1 Å². The van der Waals surface area contributed by atoms with Crippen LogP contribution in [0.2, 0.25) is 0 Å². The summed E-state index contributed by atoms with van der Waals surface area (Å²) in [7, 11) is 3.31. The van der Waals surface area contributed by atoms with Gasteiger partial charge in [0, 0.05) is 12.3 Å². The first-order valence-electron chi connectivity index (χ1n) is 11.2. The van der Waals surface area contributed by atoms with E-state index in [1.54, 1.807) is 20.5 Å². The average Bonchev–Trinajstić information content (AvgIpc) is 3.48. The van der Waals surface area contributed by atoms with Crippen LogP contribution in [-0.4, -0.2) is 37.6 Å². The molecule has 2 aliphatic rings. The van der Waals surface area contributed by atoms with Crippen LogP contribution in [0.3, 0.4) is 0 Å². The summed E-state index contributed by atoms with van der Waals surface area (Å²) in [5, 5.41) is 10.7. The molecule has 3 aromatic rings. The summed E-state index contributed by atoms with van der Waals surface area (Å²) in [5.41, 5.74) is 1.99. The Morgan fingerprint density at radius 1 is 0.788 bits per heavy atom. The zero-order valence-corrected chi connectivity index (χ0v) is 18.8. The Hall–Kier alpha value is -3.28. The largest absolute Gasteiger partial charge is 0.497 e. The first-order valence-corrected chi connectivity index (χ1v) is 11.2. The Kier molecular flexibility index (Phi) is 5.83. The van der Waals surface area contributed by atoms with E-state index >= 15 is 0 Å². The van der Waals surface area contributed by atoms with E-state index in [1.165, 1.54) is 0 Å². The molecule has 0 bridgehead atoms. The lowest BCUT2D eigenvalue weighted by molar-refractivity contribution is -0.0920. The van der Waals surface area contributed by atoms with Crippen molar-refractivity contribution in [3.8, 4) is 11.5 Å². The maximum Gasteiger partial charge on any atom is 0.144 e. The topological polar surface area (TPSA) is 57.2 Å². The third kappa shape index (κ3) is 3.77. The second-order valence-corrected chi connectivity index (χ2v) is 8.47. The van der Waals surface area contributed by atoms with E-state index < -0.39 is 11.7 Å². The van der Waals surface area contributed by atoms with Gasteiger partial charge >= 0.3 is 0 Å². The number of ether oxygens (including phenoxy) is 4. The predicted molar refractivity (Wildman–Crippen MR) is 125 cm³/mol. The van der Waals surface area contributed by atoms with Crippen molar-refractivity contribution in [3.63, 3.8) is 0 Å². The second kappa shape index (κ2) is 8.93. The normalized spacial score (nSPS) is 23.7. The fraction of sp³-hybridized carbons (Fsp3) is 0.286. The van der Waals surface area contributed by atoms with Gasteiger partial charge in [-0.2, -0.15) is 0 Å². The molecular formula is C28H28O5. The minimum Gasteiger partial charge on any atom is -0.497 e. The summed E-state index contributed by atoms with van der Waals surface area (Å²) >= 11 is 0. The van der Waals surface area contributed by atoms with Crippen LogP contribution < -0.4 is 9.47 Å². The van der Waals surface area contributed by atoms with Gasteiger partial charge in [0.1, 0.15) is 23.2 Å². The monoisotopic (exact) mass is 444 g/mol. The van der Waals surface area contributed by atoms with Gasteiger partial charge in [-0.15, -0.1) is 0 Å². The summed E-state index contributed by atoms with van der Waals surface area (Å²) in [6.45, 7) is 0. The van der Waals surface area contributed by atoms with Crippen LogP contribution in [0, 0.1) is 5.92 Å². The van der Waals surface area contributed by atoms with Crippen LogP contribution in [0.5, 0.6) is 11.5 Å². The molecule has 0 unspecified atom stereocenters. The molecule has 0 saturated heterocycles. The fourth-order valence-electron chi connectivity index (χ4n) is 5.01. The van der Waals surface area contributed by atoms with Gasteiger partial charge in [-0.3, -0.25) is 0 Å². The predicted octanol–water partition coefficient (Wildman–Crippen LogP) is 4.67. The third-order valence-corrected chi connectivity index (χ3v) is 6.70. The van der Waals surface area contributed by atoms with Gasteiger partial charge in [0.15, 0.2) is 0 Å². The standard InChI is InChI=1S/C28H28O5/c1-30-22-12-8-20(9-13-22)28(19-6-4-3-5-7-19,21-10-14-23(31-2)15-11-21)33-26-18-25(29)24-16-17-32-27(24)26/h3-17,24-27,29H,18H2,1-2H3/t24-,25+,26+,27-/m0/s1. The van der Waals surface area contributed by atoms with Gasteiger partial charge in [0.05, 0.1) is 32.7 Å². The molecule has 1 saturated carbocycles. The molecule has 170 valence electrons. The quantitative estimate of drug-likeness (QED) is 0.537. The first-order chi connectivity index (χ1) is 16.2. The number of benzene rings is 3. The number of methoxy groups -OCH3 is 2. The third-order valence-electron chi connectivity index (χ3n) is 6.70. The Labute approximate surface area is 194 Å². The molecule has 3 aromatic carbocycles. The molecule has 1 heterocycles. The van der Waals surface area contributed by atoms with E-state index in [-0.39, 0.29) is 18.1 Å². The van der Waals surface area contributed by atoms with Crippen LogP contribution in [-0.2, 0) is 15.1 Å². The summed E-state index contributed by atoms with van der Waals surface area (Å²) in [4.78, 5) is 0. The molecule has 0 spiro atoms. The van der Waals surface area contributed by atoms with Crippen molar-refractivity contribution >= 4 is 0 Å². The maximum atomic E-state index is 10.7. The van der Waals surface area contributed by atoms with E-state index in [9.17, 15) is 5.11 Å². The highest BCUT2D eigenvalue weighted by Gasteiger charge is 2.50. The average molecular weight is 445 g/mol. The van der Waals surface area contributed by atoms with E-state index in [4.69, 9.17) is 18.9 Å². The highest BCUT2D eigenvalue weighted by Crippen LogP contribution is 2.46. The summed E-state index contributed by atoms with van der Waals surface area (Å²) in [5.74, 6) is 1.49. The molecule has 1 N–H and O–H groups in total. The number of hydrogen-bond acceptors (Lipinski definition) is 5. The van der Waals surface area contributed by atoms with Crippen molar-refractivity contribution in [2.75, 3.05) is 14.2 Å². The van der Waals surface area contributed by atoms with Gasteiger partial charge in [-0.1, -0.05) is 54.6 Å². The van der Waals surface area contributed by atoms with Gasteiger partial charge in [0.2, 0.25) is 0 Å². The Morgan fingerprint density at radius 2 is 1.33 bits per heavy atom. The number of aliphatic hydroxyl groups is 1. The van der Waals surface area contributed by atoms with Crippen LogP contribution in [0.15, 0.2) is 91.2 Å². The molecule has 1 aliphatic heterocycles. The van der Waals surface area contributed by atoms with Crippen LogP contribution in [0.4, 0.5) is 0 Å². The number of fused-ring (bicyclic) bond motifs is 1. The van der Waals surface area contributed by atoms with Crippen LogP contribution in [0.25, 0.3) is 0 Å². The molecule has 4 atom stereocenters. The Morgan fingerprint density at radius 3 is 1.88 bits per heavy atom. The zero-order chi connectivity index (χ0) is 22.8. The van der Waals surface area contributed by atoms with Gasteiger partial charge in [0.25, 0.3) is 0 Å².